The molecule has 0 radical (unpaired) electrons. The maximum absolute atomic E-state index is 9.62. The Labute approximate surface area is 125 Å². The zero-order chi connectivity index (χ0) is 15.0. The van der Waals surface area contributed by atoms with E-state index in [0.717, 1.165) is 44.2 Å². The van der Waals surface area contributed by atoms with E-state index in [2.05, 4.69) is 33.0 Å². The maximum atomic E-state index is 9.62. The Hall–Kier alpha value is -0.120. The Kier molecular flexibility index (Phi) is 8.08. The van der Waals surface area contributed by atoms with Crippen LogP contribution in [0.2, 0.25) is 0 Å². The summed E-state index contributed by atoms with van der Waals surface area (Å²) in [5.41, 5.74) is -0.105. The van der Waals surface area contributed by atoms with Crippen LogP contribution in [-0.2, 0) is 4.74 Å². The SMILES string of the molecule is CCNC(CC)(CO)CCCOC1CCC(C)C(C)C1. The molecule has 4 unspecified atom stereocenters. The molecule has 2 N–H and O–H groups in total. The first-order valence-electron chi connectivity index (χ1n) is 8.54. The molecule has 0 aliphatic heterocycles. The van der Waals surface area contributed by atoms with Crippen LogP contribution in [0.4, 0.5) is 0 Å². The van der Waals surface area contributed by atoms with Crippen molar-refractivity contribution in [3.8, 4) is 0 Å². The van der Waals surface area contributed by atoms with Crippen molar-refractivity contribution in [3.05, 3.63) is 0 Å². The molecule has 1 saturated carbocycles. The van der Waals surface area contributed by atoms with Gasteiger partial charge in [-0.15, -0.1) is 0 Å². The minimum Gasteiger partial charge on any atom is -0.394 e. The third-order valence-electron chi connectivity index (χ3n) is 5.23. The summed E-state index contributed by atoms with van der Waals surface area (Å²) in [5, 5.41) is 13.1. The Balaban J connectivity index is 2.23. The van der Waals surface area contributed by atoms with Crippen LogP contribution < -0.4 is 5.32 Å². The first kappa shape index (κ1) is 17.9. The minimum absolute atomic E-state index is 0.105. The fourth-order valence-electron chi connectivity index (χ4n) is 3.32. The molecule has 0 heterocycles. The van der Waals surface area contributed by atoms with Crippen LogP contribution >= 0.6 is 0 Å². The largest absolute Gasteiger partial charge is 0.394 e. The minimum atomic E-state index is -0.105. The van der Waals surface area contributed by atoms with Crippen molar-refractivity contribution < 1.29 is 9.84 Å². The quantitative estimate of drug-likeness (QED) is 0.638. The summed E-state index contributed by atoms with van der Waals surface area (Å²) in [7, 11) is 0. The molecule has 120 valence electrons. The molecule has 4 atom stereocenters. The van der Waals surface area contributed by atoms with Gasteiger partial charge in [0.1, 0.15) is 0 Å². The summed E-state index contributed by atoms with van der Waals surface area (Å²) >= 11 is 0. The molecule has 0 aromatic carbocycles. The van der Waals surface area contributed by atoms with E-state index in [1.165, 1.54) is 19.3 Å². The topological polar surface area (TPSA) is 41.5 Å². The lowest BCUT2D eigenvalue weighted by atomic mass is 9.80. The van der Waals surface area contributed by atoms with Gasteiger partial charge in [0.15, 0.2) is 0 Å². The number of nitrogens with one attached hydrogen (secondary N) is 1. The van der Waals surface area contributed by atoms with Crippen LogP contribution in [0.3, 0.4) is 0 Å². The molecule has 1 fully saturated rings. The highest BCUT2D eigenvalue weighted by molar-refractivity contribution is 4.85. The summed E-state index contributed by atoms with van der Waals surface area (Å²) in [6.45, 7) is 10.9. The lowest BCUT2D eigenvalue weighted by Gasteiger charge is -2.33. The normalized spacial score (nSPS) is 30.1. The molecule has 0 aromatic rings. The molecule has 0 bridgehead atoms. The van der Waals surface area contributed by atoms with Crippen LogP contribution in [0.25, 0.3) is 0 Å². The van der Waals surface area contributed by atoms with Crippen molar-refractivity contribution >= 4 is 0 Å². The van der Waals surface area contributed by atoms with E-state index in [-0.39, 0.29) is 12.1 Å². The molecular formula is C17H35NO2. The highest BCUT2D eigenvalue weighted by Crippen LogP contribution is 2.31. The molecule has 0 spiro atoms. The maximum Gasteiger partial charge on any atom is 0.0613 e. The molecular weight excluding hydrogens is 250 g/mol. The molecule has 0 aromatic heterocycles. The number of ether oxygens (including phenoxy) is 1. The first-order valence-corrected chi connectivity index (χ1v) is 8.54. The van der Waals surface area contributed by atoms with E-state index in [0.29, 0.717) is 6.10 Å². The van der Waals surface area contributed by atoms with E-state index < -0.39 is 0 Å². The molecule has 3 heteroatoms. The van der Waals surface area contributed by atoms with Crippen molar-refractivity contribution in [2.24, 2.45) is 11.8 Å². The number of aliphatic hydroxyl groups excluding tert-OH is 1. The van der Waals surface area contributed by atoms with Gasteiger partial charge in [-0.2, -0.15) is 0 Å². The van der Waals surface area contributed by atoms with E-state index in [1.807, 2.05) is 0 Å². The van der Waals surface area contributed by atoms with Gasteiger partial charge in [-0.25, -0.2) is 0 Å². The smallest absolute Gasteiger partial charge is 0.0613 e. The van der Waals surface area contributed by atoms with E-state index in [4.69, 9.17) is 4.74 Å². The van der Waals surface area contributed by atoms with Crippen LogP contribution in [-0.4, -0.2) is 36.5 Å². The predicted octanol–water partition coefficient (Wildman–Crippen LogP) is 3.36. The van der Waals surface area contributed by atoms with Gasteiger partial charge in [0.05, 0.1) is 12.7 Å². The zero-order valence-electron chi connectivity index (χ0n) is 14.0. The van der Waals surface area contributed by atoms with Crippen LogP contribution in [0.15, 0.2) is 0 Å². The molecule has 1 aliphatic carbocycles. The van der Waals surface area contributed by atoms with Gasteiger partial charge in [0.2, 0.25) is 0 Å². The van der Waals surface area contributed by atoms with Crippen LogP contribution in [0, 0.1) is 11.8 Å². The Morgan fingerprint density at radius 3 is 2.50 bits per heavy atom. The summed E-state index contributed by atoms with van der Waals surface area (Å²) in [6.07, 6.45) is 7.19. The van der Waals surface area contributed by atoms with Crippen LogP contribution in [0.1, 0.15) is 66.2 Å². The monoisotopic (exact) mass is 285 g/mol. The number of aliphatic hydroxyl groups is 1. The van der Waals surface area contributed by atoms with Crippen LogP contribution in [0.5, 0.6) is 0 Å². The third-order valence-corrected chi connectivity index (χ3v) is 5.23. The lowest BCUT2D eigenvalue weighted by molar-refractivity contribution is -0.00252. The van der Waals surface area contributed by atoms with Crippen molar-refractivity contribution in [1.29, 1.82) is 0 Å². The second-order valence-electron chi connectivity index (χ2n) is 6.69. The van der Waals surface area contributed by atoms with E-state index in [1.54, 1.807) is 0 Å². The van der Waals surface area contributed by atoms with Gasteiger partial charge in [-0.1, -0.05) is 27.7 Å². The molecule has 3 nitrogen and oxygen atoms in total. The number of likely N-dealkylation sites (N-methyl/N-ethyl adjacent to an activating group) is 1. The van der Waals surface area contributed by atoms with E-state index >= 15 is 0 Å². The van der Waals surface area contributed by atoms with Gasteiger partial charge >= 0.3 is 0 Å². The number of hydrogen-bond donors (Lipinski definition) is 2. The first-order chi connectivity index (χ1) is 9.56. The van der Waals surface area contributed by atoms with Gasteiger partial charge in [-0.3, -0.25) is 0 Å². The van der Waals surface area contributed by atoms with Crippen molar-refractivity contribution in [1.82, 2.24) is 5.32 Å². The number of hydrogen-bond acceptors (Lipinski definition) is 3. The Morgan fingerprint density at radius 1 is 1.20 bits per heavy atom. The van der Waals surface area contributed by atoms with Crippen molar-refractivity contribution in [2.75, 3.05) is 19.8 Å². The Morgan fingerprint density at radius 2 is 1.95 bits per heavy atom. The average Bonchev–Trinajstić information content (AvgIpc) is 2.46. The summed E-state index contributed by atoms with van der Waals surface area (Å²) in [6, 6.07) is 0. The Bertz CT molecular complexity index is 253. The second-order valence-corrected chi connectivity index (χ2v) is 6.69. The predicted molar refractivity (Wildman–Crippen MR) is 84.9 cm³/mol. The average molecular weight is 285 g/mol. The van der Waals surface area contributed by atoms with E-state index in [9.17, 15) is 5.11 Å². The lowest BCUT2D eigenvalue weighted by Crippen LogP contribution is -2.48. The zero-order valence-corrected chi connectivity index (χ0v) is 14.0. The summed E-state index contributed by atoms with van der Waals surface area (Å²) < 4.78 is 6.05. The standard InChI is InChI=1S/C17H35NO2/c1-5-17(13-19,18-6-2)10-7-11-20-16-9-8-14(3)15(4)12-16/h14-16,18-19H,5-13H2,1-4H3. The van der Waals surface area contributed by atoms with Crippen molar-refractivity contribution in [3.63, 3.8) is 0 Å². The fourth-order valence-corrected chi connectivity index (χ4v) is 3.32. The second kappa shape index (κ2) is 9.01. The van der Waals surface area contributed by atoms with Gasteiger partial charge < -0.3 is 15.2 Å². The highest BCUT2D eigenvalue weighted by atomic mass is 16.5. The number of rotatable bonds is 9. The summed E-state index contributed by atoms with van der Waals surface area (Å²) in [4.78, 5) is 0. The molecule has 0 amide bonds. The van der Waals surface area contributed by atoms with Gasteiger partial charge in [0.25, 0.3) is 0 Å². The van der Waals surface area contributed by atoms with Gasteiger partial charge in [0, 0.05) is 12.1 Å². The fraction of sp³-hybridized carbons (Fsp3) is 1.00. The molecule has 1 aliphatic rings. The molecule has 20 heavy (non-hydrogen) atoms. The third kappa shape index (κ3) is 5.34. The van der Waals surface area contributed by atoms with Gasteiger partial charge in [-0.05, 0) is 56.9 Å². The molecule has 0 saturated heterocycles. The molecule has 1 rings (SSSR count). The highest BCUT2D eigenvalue weighted by Gasteiger charge is 2.27. The summed E-state index contributed by atoms with van der Waals surface area (Å²) in [5.74, 6) is 1.65. The van der Waals surface area contributed by atoms with Crippen molar-refractivity contribution in [2.45, 2.75) is 77.9 Å².